The van der Waals surface area contributed by atoms with E-state index in [9.17, 15) is 0 Å². The number of nitrogens with zero attached hydrogens (tertiary/aromatic N) is 1. The minimum atomic E-state index is 0.251. The summed E-state index contributed by atoms with van der Waals surface area (Å²) in [4.78, 5) is 0.865. The second kappa shape index (κ2) is 5.93. The van der Waals surface area contributed by atoms with E-state index in [2.05, 4.69) is 37.0 Å². The van der Waals surface area contributed by atoms with Crippen LogP contribution in [0.2, 0.25) is 10.0 Å². The van der Waals surface area contributed by atoms with Gasteiger partial charge in [0.25, 0.3) is 0 Å². The zero-order valence-corrected chi connectivity index (χ0v) is 15.7. The number of anilines is 1. The van der Waals surface area contributed by atoms with Gasteiger partial charge in [-0.1, -0.05) is 34.4 Å². The molecule has 108 valence electrons. The lowest BCUT2D eigenvalue weighted by molar-refractivity contribution is 0.437. The molecule has 0 unspecified atom stereocenters. The SMILES string of the molecule is Nc1noc(-c2cc(Br)c(Br)s2)c1-c1c(Cl)cccc1Cl. The fraction of sp³-hybridized carbons (Fsp3) is 0. The van der Waals surface area contributed by atoms with Crippen molar-refractivity contribution in [2.45, 2.75) is 0 Å². The van der Waals surface area contributed by atoms with Crippen LogP contribution in [-0.4, -0.2) is 5.16 Å². The second-order valence-corrected chi connectivity index (χ2v) is 8.14. The minimum absolute atomic E-state index is 0.251. The Bertz CT molecular complexity index is 792. The highest BCUT2D eigenvalue weighted by Crippen LogP contribution is 2.47. The summed E-state index contributed by atoms with van der Waals surface area (Å²) in [5.41, 5.74) is 7.18. The number of aromatic nitrogens is 1. The van der Waals surface area contributed by atoms with Gasteiger partial charge in [-0.2, -0.15) is 0 Å². The highest BCUT2D eigenvalue weighted by atomic mass is 79.9. The first-order valence-electron chi connectivity index (χ1n) is 5.63. The van der Waals surface area contributed by atoms with Crippen LogP contribution in [0.1, 0.15) is 0 Å². The highest BCUT2D eigenvalue weighted by Gasteiger charge is 2.23. The van der Waals surface area contributed by atoms with Crippen molar-refractivity contribution in [3.8, 4) is 21.8 Å². The van der Waals surface area contributed by atoms with Crippen LogP contribution in [0.4, 0.5) is 5.82 Å². The largest absolute Gasteiger partial charge is 0.380 e. The summed E-state index contributed by atoms with van der Waals surface area (Å²) in [6.45, 7) is 0. The lowest BCUT2D eigenvalue weighted by Gasteiger charge is -2.06. The molecule has 3 nitrogen and oxygen atoms in total. The van der Waals surface area contributed by atoms with Gasteiger partial charge >= 0.3 is 0 Å². The van der Waals surface area contributed by atoms with Gasteiger partial charge in [0.05, 0.1) is 24.3 Å². The minimum Gasteiger partial charge on any atom is -0.380 e. The number of nitrogen functional groups attached to an aromatic ring is 1. The van der Waals surface area contributed by atoms with E-state index in [-0.39, 0.29) is 5.82 Å². The molecule has 0 bridgehead atoms. The fourth-order valence-electron chi connectivity index (χ4n) is 1.91. The monoisotopic (exact) mass is 466 g/mol. The first kappa shape index (κ1) is 15.4. The first-order valence-corrected chi connectivity index (χ1v) is 8.79. The predicted octanol–water partition coefficient (Wildman–Crippen LogP) is 6.48. The number of halogens is 4. The van der Waals surface area contributed by atoms with Crippen molar-refractivity contribution in [3.05, 3.63) is 42.6 Å². The molecule has 3 rings (SSSR count). The number of nitrogens with two attached hydrogens (primary N) is 1. The van der Waals surface area contributed by atoms with E-state index >= 15 is 0 Å². The van der Waals surface area contributed by atoms with Gasteiger partial charge in [0.1, 0.15) is 0 Å². The van der Waals surface area contributed by atoms with Gasteiger partial charge in [-0.15, -0.1) is 11.3 Å². The molecule has 0 atom stereocenters. The van der Waals surface area contributed by atoms with Crippen molar-refractivity contribution in [3.63, 3.8) is 0 Å². The van der Waals surface area contributed by atoms with Crippen LogP contribution < -0.4 is 5.73 Å². The molecule has 0 aliphatic carbocycles. The smallest absolute Gasteiger partial charge is 0.187 e. The Morgan fingerprint density at radius 3 is 2.38 bits per heavy atom. The maximum Gasteiger partial charge on any atom is 0.187 e. The lowest BCUT2D eigenvalue weighted by Crippen LogP contribution is -1.90. The fourth-order valence-corrected chi connectivity index (χ4v) is 4.51. The summed E-state index contributed by atoms with van der Waals surface area (Å²) in [5.74, 6) is 0.791. The lowest BCUT2D eigenvalue weighted by atomic mass is 10.0. The van der Waals surface area contributed by atoms with Crippen molar-refractivity contribution >= 4 is 72.2 Å². The van der Waals surface area contributed by atoms with Crippen LogP contribution in [-0.2, 0) is 0 Å². The zero-order valence-electron chi connectivity index (χ0n) is 10.2. The Morgan fingerprint density at radius 2 is 1.81 bits per heavy atom. The van der Waals surface area contributed by atoms with Gasteiger partial charge in [-0.25, -0.2) is 0 Å². The van der Waals surface area contributed by atoms with Crippen LogP contribution in [0.15, 0.2) is 37.0 Å². The Balaban J connectivity index is 2.27. The third-order valence-electron chi connectivity index (χ3n) is 2.80. The Hall–Kier alpha value is -0.530. The van der Waals surface area contributed by atoms with Crippen LogP contribution in [0.3, 0.4) is 0 Å². The Labute approximate surface area is 151 Å². The number of benzene rings is 1. The van der Waals surface area contributed by atoms with E-state index < -0.39 is 0 Å². The van der Waals surface area contributed by atoms with Crippen molar-refractivity contribution in [1.29, 1.82) is 0 Å². The molecule has 2 aromatic heterocycles. The molecule has 21 heavy (non-hydrogen) atoms. The predicted molar refractivity (Wildman–Crippen MR) is 95.1 cm³/mol. The van der Waals surface area contributed by atoms with Gasteiger partial charge in [-0.3, -0.25) is 0 Å². The van der Waals surface area contributed by atoms with Crippen LogP contribution in [0.5, 0.6) is 0 Å². The van der Waals surface area contributed by atoms with Gasteiger partial charge in [0.2, 0.25) is 0 Å². The number of thiophene rings is 1. The van der Waals surface area contributed by atoms with Crippen molar-refractivity contribution in [2.24, 2.45) is 0 Å². The number of hydrogen-bond acceptors (Lipinski definition) is 4. The maximum atomic E-state index is 6.26. The first-order chi connectivity index (χ1) is 9.99. The zero-order chi connectivity index (χ0) is 15.1. The summed E-state index contributed by atoms with van der Waals surface area (Å²) in [6, 6.07) is 7.19. The molecule has 0 saturated carbocycles. The summed E-state index contributed by atoms with van der Waals surface area (Å²) < 4.78 is 7.26. The third-order valence-corrected chi connectivity index (χ3v) is 6.69. The molecule has 0 radical (unpaired) electrons. The Kier molecular flexibility index (Phi) is 4.34. The maximum absolute atomic E-state index is 6.26. The third kappa shape index (κ3) is 2.75. The molecule has 0 fully saturated rings. The van der Waals surface area contributed by atoms with Gasteiger partial charge in [0, 0.05) is 10.0 Å². The second-order valence-electron chi connectivity index (χ2n) is 4.10. The summed E-state index contributed by atoms with van der Waals surface area (Å²) >= 11 is 20.9. The van der Waals surface area contributed by atoms with Crippen molar-refractivity contribution < 1.29 is 4.52 Å². The highest BCUT2D eigenvalue weighted by molar-refractivity contribution is 9.13. The topological polar surface area (TPSA) is 52.0 Å². The van der Waals surface area contributed by atoms with Gasteiger partial charge < -0.3 is 10.3 Å². The van der Waals surface area contributed by atoms with E-state index in [4.69, 9.17) is 33.5 Å². The molecule has 3 aromatic rings. The van der Waals surface area contributed by atoms with E-state index in [0.29, 0.717) is 26.9 Å². The molecule has 8 heteroatoms. The van der Waals surface area contributed by atoms with Gasteiger partial charge in [0.15, 0.2) is 11.6 Å². The molecular weight excluding hydrogens is 463 g/mol. The summed E-state index contributed by atoms with van der Waals surface area (Å²) in [6.07, 6.45) is 0. The number of rotatable bonds is 2. The average Bonchev–Trinajstić information content (AvgIpc) is 2.94. The molecule has 0 aliphatic rings. The van der Waals surface area contributed by atoms with E-state index in [1.165, 1.54) is 11.3 Å². The molecule has 0 aliphatic heterocycles. The standard InChI is InChI=1S/C13H6Br2Cl2N2OS/c14-5-4-8(21-12(5)15)11-10(13(18)19-20-11)9-6(16)2-1-3-7(9)17/h1-4H,(H2,18,19). The Morgan fingerprint density at radius 1 is 1.14 bits per heavy atom. The van der Waals surface area contributed by atoms with E-state index in [1.54, 1.807) is 18.2 Å². The van der Waals surface area contributed by atoms with Crippen LogP contribution >= 0.6 is 66.4 Å². The number of hydrogen-bond donors (Lipinski definition) is 1. The molecule has 1 aromatic carbocycles. The quantitative estimate of drug-likeness (QED) is 0.468. The normalized spacial score (nSPS) is 11.0. The molecule has 0 saturated heterocycles. The molecule has 2 heterocycles. The average molecular weight is 469 g/mol. The van der Waals surface area contributed by atoms with Crippen molar-refractivity contribution in [1.82, 2.24) is 5.16 Å². The molecular formula is C13H6Br2Cl2N2OS. The molecule has 0 spiro atoms. The van der Waals surface area contributed by atoms with E-state index in [0.717, 1.165) is 13.1 Å². The molecule has 2 N–H and O–H groups in total. The van der Waals surface area contributed by atoms with Crippen LogP contribution in [0.25, 0.3) is 21.8 Å². The van der Waals surface area contributed by atoms with Crippen LogP contribution in [0, 0.1) is 0 Å². The van der Waals surface area contributed by atoms with E-state index in [1.807, 2.05) is 6.07 Å². The molecule has 0 amide bonds. The van der Waals surface area contributed by atoms with Crippen molar-refractivity contribution in [2.75, 3.05) is 5.73 Å². The van der Waals surface area contributed by atoms with Gasteiger partial charge in [-0.05, 0) is 50.1 Å². The summed E-state index contributed by atoms with van der Waals surface area (Å²) in [5, 5.41) is 4.84. The summed E-state index contributed by atoms with van der Waals surface area (Å²) in [7, 11) is 0.